The third kappa shape index (κ3) is 1.73. The average molecular weight is 196 g/mol. The van der Waals surface area contributed by atoms with Crippen molar-refractivity contribution in [3.8, 4) is 0 Å². The summed E-state index contributed by atoms with van der Waals surface area (Å²) < 4.78 is 0. The first-order valence-electron chi connectivity index (χ1n) is 4.80. The lowest BCUT2D eigenvalue weighted by Gasteiger charge is -2.19. The Morgan fingerprint density at radius 1 is 1.36 bits per heavy atom. The maximum atomic E-state index is 10.5. The summed E-state index contributed by atoms with van der Waals surface area (Å²) in [7, 11) is 0. The van der Waals surface area contributed by atoms with E-state index >= 15 is 0 Å². The lowest BCUT2D eigenvalue weighted by Crippen LogP contribution is -2.16. The number of aromatic nitrogens is 4. The van der Waals surface area contributed by atoms with Gasteiger partial charge in [0.15, 0.2) is 0 Å². The number of aromatic carboxylic acids is 1. The van der Waals surface area contributed by atoms with Crippen molar-refractivity contribution in [2.45, 2.75) is 38.1 Å². The summed E-state index contributed by atoms with van der Waals surface area (Å²) >= 11 is 0. The van der Waals surface area contributed by atoms with Gasteiger partial charge in [0.05, 0.1) is 6.04 Å². The second-order valence-corrected chi connectivity index (χ2v) is 3.53. The predicted molar refractivity (Wildman–Crippen MR) is 46.9 cm³/mol. The van der Waals surface area contributed by atoms with E-state index in [4.69, 9.17) is 5.11 Å². The largest absolute Gasteiger partial charge is 0.475 e. The number of rotatable bonds is 2. The van der Waals surface area contributed by atoms with Gasteiger partial charge >= 0.3 is 5.97 Å². The van der Waals surface area contributed by atoms with Crippen molar-refractivity contribution in [2.75, 3.05) is 0 Å². The fraction of sp³-hybridized carbons (Fsp3) is 0.750. The maximum Gasteiger partial charge on any atom is 0.377 e. The van der Waals surface area contributed by atoms with E-state index in [9.17, 15) is 4.79 Å². The summed E-state index contributed by atoms with van der Waals surface area (Å²) in [4.78, 5) is 12.0. The molecular weight excluding hydrogens is 184 g/mol. The number of tetrazole rings is 1. The summed E-state index contributed by atoms with van der Waals surface area (Å²) in [5, 5.41) is 19.7. The molecule has 0 bridgehead atoms. The van der Waals surface area contributed by atoms with Gasteiger partial charge < -0.3 is 5.11 Å². The first kappa shape index (κ1) is 9.11. The normalized spacial score (nSPS) is 18.3. The van der Waals surface area contributed by atoms with Gasteiger partial charge in [-0.05, 0) is 18.1 Å². The van der Waals surface area contributed by atoms with Crippen molar-refractivity contribution >= 4 is 5.97 Å². The zero-order valence-electron chi connectivity index (χ0n) is 7.76. The van der Waals surface area contributed by atoms with Gasteiger partial charge in [0.2, 0.25) is 0 Å². The van der Waals surface area contributed by atoms with Crippen LogP contribution in [0.15, 0.2) is 0 Å². The Balaban J connectivity index is 2.11. The van der Waals surface area contributed by atoms with Crippen molar-refractivity contribution in [2.24, 2.45) is 0 Å². The summed E-state index contributed by atoms with van der Waals surface area (Å²) in [6.45, 7) is 0. The minimum atomic E-state index is -1.12. The second kappa shape index (κ2) is 3.73. The van der Waals surface area contributed by atoms with Crippen molar-refractivity contribution in [1.29, 1.82) is 0 Å². The topological polar surface area (TPSA) is 80.9 Å². The van der Waals surface area contributed by atoms with Crippen LogP contribution in [0.5, 0.6) is 0 Å². The Kier molecular flexibility index (Phi) is 2.43. The molecule has 1 fully saturated rings. The molecule has 0 saturated heterocycles. The predicted octanol–water partition coefficient (Wildman–Crippen LogP) is 0.876. The molecule has 0 unspecified atom stereocenters. The smallest absolute Gasteiger partial charge is 0.377 e. The highest BCUT2D eigenvalue weighted by Gasteiger charge is 2.19. The Hall–Kier alpha value is -1.46. The Labute approximate surface area is 80.9 Å². The quantitative estimate of drug-likeness (QED) is 0.759. The van der Waals surface area contributed by atoms with Gasteiger partial charge in [-0.3, -0.25) is 0 Å². The fourth-order valence-corrected chi connectivity index (χ4v) is 1.78. The molecule has 1 aromatic rings. The number of carboxylic acid groups (broad SMARTS) is 1. The number of carbonyl (C=O) groups is 1. The van der Waals surface area contributed by atoms with E-state index in [0.29, 0.717) is 0 Å². The fourth-order valence-electron chi connectivity index (χ4n) is 1.78. The van der Waals surface area contributed by atoms with E-state index in [1.807, 2.05) is 0 Å². The van der Waals surface area contributed by atoms with Crippen molar-refractivity contribution in [1.82, 2.24) is 20.2 Å². The molecule has 0 aromatic carbocycles. The van der Waals surface area contributed by atoms with Crippen LogP contribution in [0.25, 0.3) is 0 Å². The Bertz CT molecular complexity index is 330. The van der Waals surface area contributed by atoms with Crippen molar-refractivity contribution in [3.05, 3.63) is 5.82 Å². The zero-order valence-corrected chi connectivity index (χ0v) is 7.76. The average Bonchev–Trinajstić information content (AvgIpc) is 2.68. The van der Waals surface area contributed by atoms with Crippen LogP contribution in [0, 0.1) is 0 Å². The zero-order chi connectivity index (χ0) is 9.97. The molecule has 0 spiro atoms. The molecular formula is C8H12N4O2. The molecule has 1 saturated carbocycles. The highest BCUT2D eigenvalue weighted by atomic mass is 16.4. The molecule has 0 aliphatic heterocycles. The lowest BCUT2D eigenvalue weighted by atomic mass is 9.96. The van der Waals surface area contributed by atoms with Crippen molar-refractivity contribution < 1.29 is 9.90 Å². The van der Waals surface area contributed by atoms with E-state index in [-0.39, 0.29) is 11.9 Å². The van der Waals surface area contributed by atoms with Crippen LogP contribution in [0.2, 0.25) is 0 Å². The minimum Gasteiger partial charge on any atom is -0.475 e. The van der Waals surface area contributed by atoms with Gasteiger partial charge in [0.25, 0.3) is 5.82 Å². The molecule has 6 nitrogen and oxygen atoms in total. The summed E-state index contributed by atoms with van der Waals surface area (Å²) in [6.07, 6.45) is 5.62. The van der Waals surface area contributed by atoms with E-state index in [2.05, 4.69) is 15.4 Å². The first-order chi connectivity index (χ1) is 6.77. The van der Waals surface area contributed by atoms with Crippen molar-refractivity contribution in [3.63, 3.8) is 0 Å². The van der Waals surface area contributed by atoms with Crippen LogP contribution < -0.4 is 0 Å². The molecule has 1 aliphatic rings. The number of nitrogens with zero attached hydrogens (tertiary/aromatic N) is 4. The van der Waals surface area contributed by atoms with Crippen LogP contribution in [0.1, 0.15) is 48.8 Å². The second-order valence-electron chi connectivity index (χ2n) is 3.53. The van der Waals surface area contributed by atoms with Crippen LogP contribution in [0.3, 0.4) is 0 Å². The van der Waals surface area contributed by atoms with E-state index in [1.54, 1.807) is 0 Å². The highest BCUT2D eigenvalue weighted by Crippen LogP contribution is 2.26. The summed E-state index contributed by atoms with van der Waals surface area (Å²) in [6, 6.07) is 0.240. The molecule has 0 atom stereocenters. The molecule has 0 amide bonds. The summed E-state index contributed by atoms with van der Waals surface area (Å²) in [5.41, 5.74) is 0. The van der Waals surface area contributed by atoms with E-state index < -0.39 is 5.97 Å². The van der Waals surface area contributed by atoms with Gasteiger partial charge in [0, 0.05) is 0 Å². The monoisotopic (exact) mass is 196 g/mol. The third-order valence-electron chi connectivity index (χ3n) is 2.52. The van der Waals surface area contributed by atoms with Gasteiger partial charge in [-0.15, -0.1) is 10.2 Å². The molecule has 6 heteroatoms. The maximum absolute atomic E-state index is 10.5. The molecule has 1 aliphatic carbocycles. The van der Waals surface area contributed by atoms with Gasteiger partial charge in [-0.1, -0.05) is 19.3 Å². The minimum absolute atomic E-state index is 0.212. The number of hydrogen-bond donors (Lipinski definition) is 1. The van der Waals surface area contributed by atoms with E-state index in [1.165, 1.54) is 11.2 Å². The van der Waals surface area contributed by atoms with E-state index in [0.717, 1.165) is 25.7 Å². The molecule has 76 valence electrons. The van der Waals surface area contributed by atoms with Crippen LogP contribution in [-0.2, 0) is 0 Å². The molecule has 1 heterocycles. The van der Waals surface area contributed by atoms with Gasteiger partial charge in [0.1, 0.15) is 0 Å². The first-order valence-corrected chi connectivity index (χ1v) is 4.80. The third-order valence-corrected chi connectivity index (χ3v) is 2.52. The van der Waals surface area contributed by atoms with Crippen LogP contribution >= 0.6 is 0 Å². The van der Waals surface area contributed by atoms with Crippen LogP contribution in [0.4, 0.5) is 0 Å². The van der Waals surface area contributed by atoms with Gasteiger partial charge in [-0.2, -0.15) is 4.80 Å². The van der Waals surface area contributed by atoms with Gasteiger partial charge in [-0.25, -0.2) is 4.79 Å². The molecule has 0 radical (unpaired) electrons. The summed E-state index contributed by atoms with van der Waals surface area (Å²) in [5.74, 6) is -1.33. The number of hydrogen-bond acceptors (Lipinski definition) is 4. The Morgan fingerprint density at radius 2 is 2.07 bits per heavy atom. The molecule has 1 aromatic heterocycles. The lowest BCUT2D eigenvalue weighted by molar-refractivity contribution is 0.0682. The highest BCUT2D eigenvalue weighted by molar-refractivity contribution is 5.82. The molecule has 1 N–H and O–H groups in total. The molecule has 2 rings (SSSR count). The number of carboxylic acids is 1. The Morgan fingerprint density at radius 3 is 2.64 bits per heavy atom. The SMILES string of the molecule is O=C(O)c1nnn(C2CCCCC2)n1. The van der Waals surface area contributed by atoms with Crippen LogP contribution in [-0.4, -0.2) is 31.3 Å². The standard InChI is InChI=1S/C8H12N4O2/c13-8(14)7-9-11-12(10-7)6-4-2-1-3-5-6/h6H,1-5H2,(H,13,14). The molecule has 14 heavy (non-hydrogen) atoms.